The second-order valence-corrected chi connectivity index (χ2v) is 4.13. The zero-order valence-electron chi connectivity index (χ0n) is 7.64. The summed E-state index contributed by atoms with van der Waals surface area (Å²) in [6.07, 6.45) is 1.81. The third kappa shape index (κ3) is 2.27. The summed E-state index contributed by atoms with van der Waals surface area (Å²) in [6.45, 7) is 0. The Labute approximate surface area is 94.0 Å². The van der Waals surface area contributed by atoms with Gasteiger partial charge in [-0.25, -0.2) is 9.18 Å². The van der Waals surface area contributed by atoms with Crippen molar-refractivity contribution in [2.24, 2.45) is 0 Å². The molecule has 0 radical (unpaired) electrons. The lowest BCUT2D eigenvalue weighted by Crippen LogP contribution is -2.04. The maximum atomic E-state index is 13.0. The Morgan fingerprint density at radius 3 is 2.71 bits per heavy atom. The van der Waals surface area contributed by atoms with Crippen molar-refractivity contribution in [2.75, 3.05) is 13.4 Å². The summed E-state index contributed by atoms with van der Waals surface area (Å²) in [5.74, 6) is -0.996. The second-order valence-electron chi connectivity index (χ2n) is 2.46. The summed E-state index contributed by atoms with van der Waals surface area (Å²) < 4.78 is 18.1. The molecule has 0 saturated heterocycles. The van der Waals surface area contributed by atoms with E-state index >= 15 is 0 Å². The van der Waals surface area contributed by atoms with E-state index in [0.717, 1.165) is 0 Å². The first-order valence-corrected chi connectivity index (χ1v) is 5.73. The molecule has 76 valence electrons. The van der Waals surface area contributed by atoms with Crippen LogP contribution in [0.15, 0.2) is 21.5 Å². The molecule has 0 N–H and O–H groups in total. The van der Waals surface area contributed by atoms with Crippen LogP contribution in [-0.2, 0) is 4.74 Å². The molecule has 1 aromatic rings. The Morgan fingerprint density at radius 1 is 1.57 bits per heavy atom. The fourth-order valence-electron chi connectivity index (χ4n) is 1.03. The normalized spacial score (nSPS) is 10.0. The van der Waals surface area contributed by atoms with E-state index in [0.29, 0.717) is 9.37 Å². The fraction of sp³-hybridized carbons (Fsp3) is 0.222. The molecule has 2 nitrogen and oxygen atoms in total. The van der Waals surface area contributed by atoms with Gasteiger partial charge in [-0.1, -0.05) is 0 Å². The number of esters is 1. The van der Waals surface area contributed by atoms with E-state index in [4.69, 9.17) is 0 Å². The molecule has 1 rings (SSSR count). The molecule has 5 heteroatoms. The first kappa shape index (κ1) is 11.5. The highest BCUT2D eigenvalue weighted by atomic mass is 79.9. The molecule has 0 saturated carbocycles. The molecule has 0 bridgehead atoms. The number of hydrogen-bond acceptors (Lipinski definition) is 3. The van der Waals surface area contributed by atoms with Gasteiger partial charge in [0.05, 0.1) is 12.7 Å². The molecule has 0 atom stereocenters. The second kappa shape index (κ2) is 4.79. The predicted octanol–water partition coefficient (Wildman–Crippen LogP) is 3.10. The summed E-state index contributed by atoms with van der Waals surface area (Å²) >= 11 is 4.55. The van der Waals surface area contributed by atoms with E-state index < -0.39 is 11.8 Å². The summed E-state index contributed by atoms with van der Waals surface area (Å²) in [5.41, 5.74) is 0.242. The maximum Gasteiger partial charge on any atom is 0.339 e. The molecular formula is C9H8BrFO2S. The molecule has 0 spiro atoms. The summed E-state index contributed by atoms with van der Waals surface area (Å²) in [6, 6.07) is 2.49. The van der Waals surface area contributed by atoms with E-state index in [2.05, 4.69) is 20.7 Å². The van der Waals surface area contributed by atoms with Gasteiger partial charge in [0, 0.05) is 9.37 Å². The minimum Gasteiger partial charge on any atom is -0.465 e. The average Bonchev–Trinajstić information content (AvgIpc) is 2.15. The van der Waals surface area contributed by atoms with Gasteiger partial charge in [-0.05, 0) is 34.3 Å². The number of rotatable bonds is 2. The summed E-state index contributed by atoms with van der Waals surface area (Å²) in [4.78, 5) is 12.0. The van der Waals surface area contributed by atoms with Crippen LogP contribution in [0.1, 0.15) is 10.4 Å². The van der Waals surface area contributed by atoms with Crippen LogP contribution >= 0.6 is 27.7 Å². The van der Waals surface area contributed by atoms with Crippen molar-refractivity contribution in [1.29, 1.82) is 0 Å². The number of hydrogen-bond donors (Lipinski definition) is 0. The smallest absolute Gasteiger partial charge is 0.339 e. The molecule has 0 aromatic heterocycles. The van der Waals surface area contributed by atoms with E-state index in [1.165, 1.54) is 31.0 Å². The van der Waals surface area contributed by atoms with Gasteiger partial charge >= 0.3 is 5.97 Å². The van der Waals surface area contributed by atoms with E-state index in [9.17, 15) is 9.18 Å². The van der Waals surface area contributed by atoms with Crippen molar-refractivity contribution in [3.8, 4) is 0 Å². The van der Waals surface area contributed by atoms with Crippen LogP contribution in [0.3, 0.4) is 0 Å². The number of ether oxygens (including phenoxy) is 1. The van der Waals surface area contributed by atoms with Crippen LogP contribution in [0.25, 0.3) is 0 Å². The molecule has 0 unspecified atom stereocenters. The van der Waals surface area contributed by atoms with Gasteiger partial charge in [-0.2, -0.15) is 0 Å². The Bertz CT molecular complexity index is 368. The van der Waals surface area contributed by atoms with Crippen LogP contribution in [-0.4, -0.2) is 19.3 Å². The van der Waals surface area contributed by atoms with Crippen molar-refractivity contribution >= 4 is 33.7 Å². The zero-order valence-corrected chi connectivity index (χ0v) is 10.0. The standard InChI is InChI=1S/C9H8BrFO2S/c1-13-9(12)6-3-5(11)4-7(10)8(6)14-2/h3-4H,1-2H3. The van der Waals surface area contributed by atoms with Crippen molar-refractivity contribution in [3.63, 3.8) is 0 Å². The Morgan fingerprint density at radius 2 is 2.21 bits per heavy atom. The molecule has 0 amide bonds. The van der Waals surface area contributed by atoms with Crippen LogP contribution in [0.4, 0.5) is 4.39 Å². The largest absolute Gasteiger partial charge is 0.465 e. The number of methoxy groups -OCH3 is 1. The Kier molecular flexibility index (Phi) is 3.95. The molecular weight excluding hydrogens is 271 g/mol. The SMILES string of the molecule is COC(=O)c1cc(F)cc(Br)c1SC. The number of carbonyl (C=O) groups is 1. The molecule has 0 heterocycles. The van der Waals surface area contributed by atoms with Gasteiger partial charge in [0.1, 0.15) is 5.82 Å². The van der Waals surface area contributed by atoms with Gasteiger partial charge < -0.3 is 4.74 Å². The fourth-order valence-corrected chi connectivity index (χ4v) is 2.56. The highest BCUT2D eigenvalue weighted by Crippen LogP contribution is 2.30. The quantitative estimate of drug-likeness (QED) is 0.614. The minimum absolute atomic E-state index is 0.242. The van der Waals surface area contributed by atoms with Crippen molar-refractivity contribution < 1.29 is 13.9 Å². The van der Waals surface area contributed by atoms with Crippen LogP contribution < -0.4 is 0 Å². The van der Waals surface area contributed by atoms with E-state index in [1.54, 1.807) is 0 Å². The Hall–Kier alpha value is -0.550. The lowest BCUT2D eigenvalue weighted by Gasteiger charge is -2.07. The van der Waals surface area contributed by atoms with Gasteiger partial charge in [0.2, 0.25) is 0 Å². The third-order valence-corrected chi connectivity index (χ3v) is 3.35. The van der Waals surface area contributed by atoms with Crippen molar-refractivity contribution in [2.45, 2.75) is 4.90 Å². The number of benzene rings is 1. The Balaban J connectivity index is 3.32. The molecule has 0 aliphatic rings. The average molecular weight is 279 g/mol. The highest BCUT2D eigenvalue weighted by molar-refractivity contribution is 9.10. The van der Waals surface area contributed by atoms with Gasteiger partial charge in [0.15, 0.2) is 0 Å². The minimum atomic E-state index is -0.533. The molecule has 14 heavy (non-hydrogen) atoms. The van der Waals surface area contributed by atoms with Gasteiger partial charge in [-0.15, -0.1) is 11.8 Å². The molecule has 1 aromatic carbocycles. The number of halogens is 2. The molecule has 0 aliphatic heterocycles. The monoisotopic (exact) mass is 278 g/mol. The topological polar surface area (TPSA) is 26.3 Å². The lowest BCUT2D eigenvalue weighted by molar-refractivity contribution is 0.0596. The maximum absolute atomic E-state index is 13.0. The number of carbonyl (C=O) groups excluding carboxylic acids is 1. The lowest BCUT2D eigenvalue weighted by atomic mass is 10.2. The van der Waals surface area contributed by atoms with Gasteiger partial charge in [0.25, 0.3) is 0 Å². The molecule has 0 fully saturated rings. The summed E-state index contributed by atoms with van der Waals surface area (Å²) in [7, 11) is 1.27. The zero-order chi connectivity index (χ0) is 10.7. The van der Waals surface area contributed by atoms with E-state index in [-0.39, 0.29) is 5.56 Å². The van der Waals surface area contributed by atoms with Gasteiger partial charge in [-0.3, -0.25) is 0 Å². The van der Waals surface area contributed by atoms with Crippen LogP contribution in [0.2, 0.25) is 0 Å². The third-order valence-electron chi connectivity index (χ3n) is 1.62. The first-order valence-electron chi connectivity index (χ1n) is 3.71. The van der Waals surface area contributed by atoms with Crippen LogP contribution in [0.5, 0.6) is 0 Å². The van der Waals surface area contributed by atoms with Crippen LogP contribution in [0, 0.1) is 5.82 Å². The van der Waals surface area contributed by atoms with Crippen molar-refractivity contribution in [1.82, 2.24) is 0 Å². The highest BCUT2D eigenvalue weighted by Gasteiger charge is 2.15. The summed E-state index contributed by atoms with van der Waals surface area (Å²) in [5, 5.41) is 0. The van der Waals surface area contributed by atoms with E-state index in [1.807, 2.05) is 6.26 Å². The number of thioether (sulfide) groups is 1. The first-order chi connectivity index (χ1) is 6.60. The predicted molar refractivity (Wildman–Crippen MR) is 57.2 cm³/mol. The molecule has 0 aliphatic carbocycles. The van der Waals surface area contributed by atoms with Crippen molar-refractivity contribution in [3.05, 3.63) is 28.0 Å².